The van der Waals surface area contributed by atoms with Crippen LogP contribution in [-0.4, -0.2) is 41.5 Å². The van der Waals surface area contributed by atoms with Crippen molar-refractivity contribution < 1.29 is 13.2 Å². The van der Waals surface area contributed by atoms with Gasteiger partial charge in [0, 0.05) is 11.8 Å². The Morgan fingerprint density at radius 2 is 1.83 bits per heavy atom. The molecule has 148 valence electrons. The number of nitrogens with zero attached hydrogens (tertiary/aromatic N) is 4. The fraction of sp³-hybridized carbons (Fsp3) is 0.150. The van der Waals surface area contributed by atoms with Crippen LogP contribution in [0.25, 0.3) is 22.3 Å². The zero-order valence-electron chi connectivity index (χ0n) is 15.9. The van der Waals surface area contributed by atoms with Gasteiger partial charge in [0.15, 0.2) is 5.65 Å². The minimum absolute atomic E-state index is 0.228. The predicted octanol–water partition coefficient (Wildman–Crippen LogP) is 2.54. The highest BCUT2D eigenvalue weighted by Crippen LogP contribution is 2.33. The molecule has 0 unspecified atom stereocenters. The van der Waals surface area contributed by atoms with Gasteiger partial charge in [0.2, 0.25) is 15.0 Å². The van der Waals surface area contributed by atoms with E-state index in [2.05, 4.69) is 15.1 Å². The molecule has 2 aromatic carbocycles. The van der Waals surface area contributed by atoms with Crippen LogP contribution in [0, 0.1) is 0 Å². The number of methoxy groups -OCH3 is 1. The number of hydrogen-bond acceptors (Lipinski definition) is 7. The molecule has 4 rings (SSSR count). The Labute approximate surface area is 167 Å². The average Bonchev–Trinajstić information content (AvgIpc) is 3.03. The van der Waals surface area contributed by atoms with Crippen LogP contribution in [0.5, 0.6) is 5.75 Å². The molecule has 2 heterocycles. The second-order valence-electron chi connectivity index (χ2n) is 6.59. The highest BCUT2D eigenvalue weighted by molar-refractivity contribution is 7.90. The van der Waals surface area contributed by atoms with Gasteiger partial charge in [-0.05, 0) is 17.7 Å². The number of nitrogen functional groups attached to an aromatic ring is 1. The van der Waals surface area contributed by atoms with Crippen molar-refractivity contribution in [3.63, 3.8) is 0 Å². The van der Waals surface area contributed by atoms with Gasteiger partial charge in [-0.25, -0.2) is 18.1 Å². The van der Waals surface area contributed by atoms with Crippen molar-refractivity contribution >= 4 is 26.7 Å². The van der Waals surface area contributed by atoms with E-state index in [0.29, 0.717) is 34.8 Å². The first-order valence-corrected chi connectivity index (χ1v) is 10.7. The van der Waals surface area contributed by atoms with Crippen LogP contribution in [0.15, 0.2) is 59.8 Å². The average molecular weight is 409 g/mol. The van der Waals surface area contributed by atoms with Crippen LogP contribution < -0.4 is 10.5 Å². The summed E-state index contributed by atoms with van der Waals surface area (Å²) in [5.74, 6) is 0.979. The lowest BCUT2D eigenvalue weighted by Gasteiger charge is -2.08. The maximum absolute atomic E-state index is 12.2. The second kappa shape index (κ2) is 7.17. The molecule has 0 spiro atoms. The third-order valence-corrected chi connectivity index (χ3v) is 5.31. The van der Waals surface area contributed by atoms with E-state index in [1.807, 2.05) is 36.4 Å². The first-order valence-electron chi connectivity index (χ1n) is 8.79. The molecule has 0 amide bonds. The van der Waals surface area contributed by atoms with Crippen molar-refractivity contribution in [3.05, 3.63) is 60.2 Å². The third-order valence-electron chi connectivity index (χ3n) is 4.47. The fourth-order valence-electron chi connectivity index (χ4n) is 3.06. The number of fused-ring (bicyclic) bond motifs is 1. The summed E-state index contributed by atoms with van der Waals surface area (Å²) in [7, 11) is -2.09. The molecule has 0 bridgehead atoms. The predicted molar refractivity (Wildman–Crippen MR) is 110 cm³/mol. The van der Waals surface area contributed by atoms with E-state index in [1.165, 1.54) is 0 Å². The molecule has 2 aromatic heterocycles. The van der Waals surface area contributed by atoms with Crippen molar-refractivity contribution in [2.45, 2.75) is 11.7 Å². The van der Waals surface area contributed by atoms with Gasteiger partial charge >= 0.3 is 0 Å². The highest BCUT2D eigenvalue weighted by atomic mass is 32.2. The number of ether oxygens (including phenoxy) is 1. The van der Waals surface area contributed by atoms with Crippen LogP contribution >= 0.6 is 0 Å². The standard InChI is InChI=1S/C20H19N5O3S/c1-28-15-10-6-9-14(11-15)17-16-18(21)25(12-13-7-4-3-5-8-13)24-19(16)23-20(22-17)29(2,26)27/h3-11H,12,21H2,1-2H3. The SMILES string of the molecule is COc1cccc(-c2nc(S(C)(=O)=O)nc3nn(Cc4ccccc4)c(N)c23)c1. The molecule has 0 aliphatic heterocycles. The van der Waals surface area contributed by atoms with E-state index >= 15 is 0 Å². The zero-order chi connectivity index (χ0) is 20.6. The van der Waals surface area contributed by atoms with Crippen molar-refractivity contribution in [1.29, 1.82) is 0 Å². The van der Waals surface area contributed by atoms with Gasteiger partial charge in [0.25, 0.3) is 0 Å². The Morgan fingerprint density at radius 1 is 1.07 bits per heavy atom. The summed E-state index contributed by atoms with van der Waals surface area (Å²) in [6, 6.07) is 16.9. The topological polar surface area (TPSA) is 113 Å². The Hall–Kier alpha value is -3.46. The van der Waals surface area contributed by atoms with Crippen molar-refractivity contribution in [2.75, 3.05) is 19.1 Å². The number of rotatable bonds is 5. The van der Waals surface area contributed by atoms with E-state index in [0.717, 1.165) is 11.8 Å². The molecule has 4 aromatic rings. The molecule has 0 saturated heterocycles. The number of benzene rings is 2. The molecule has 29 heavy (non-hydrogen) atoms. The van der Waals surface area contributed by atoms with Gasteiger partial charge in [-0.1, -0.05) is 42.5 Å². The second-order valence-corrected chi connectivity index (χ2v) is 8.50. The molecule has 0 aliphatic carbocycles. The summed E-state index contributed by atoms with van der Waals surface area (Å²) in [6.45, 7) is 0.425. The zero-order valence-corrected chi connectivity index (χ0v) is 16.7. The van der Waals surface area contributed by atoms with Crippen LogP contribution in [0.1, 0.15) is 5.56 Å². The van der Waals surface area contributed by atoms with Crippen molar-refractivity contribution in [3.8, 4) is 17.0 Å². The molecule has 8 nitrogen and oxygen atoms in total. The van der Waals surface area contributed by atoms with Crippen molar-refractivity contribution in [1.82, 2.24) is 19.7 Å². The monoisotopic (exact) mass is 409 g/mol. The molecule has 0 radical (unpaired) electrons. The quantitative estimate of drug-likeness (QED) is 0.504. The molecule has 9 heteroatoms. The maximum atomic E-state index is 12.2. The van der Waals surface area contributed by atoms with E-state index in [-0.39, 0.29) is 10.8 Å². The summed E-state index contributed by atoms with van der Waals surface area (Å²) in [6.07, 6.45) is 1.06. The molecule has 0 atom stereocenters. The summed E-state index contributed by atoms with van der Waals surface area (Å²) >= 11 is 0. The van der Waals surface area contributed by atoms with Gasteiger partial charge < -0.3 is 10.5 Å². The summed E-state index contributed by atoms with van der Waals surface area (Å²) < 4.78 is 31.2. The maximum Gasteiger partial charge on any atom is 0.249 e. The van der Waals surface area contributed by atoms with E-state index in [4.69, 9.17) is 10.5 Å². The molecule has 2 N–H and O–H groups in total. The smallest absolute Gasteiger partial charge is 0.249 e. The molecular weight excluding hydrogens is 390 g/mol. The summed E-state index contributed by atoms with van der Waals surface area (Å²) in [5.41, 5.74) is 8.68. The van der Waals surface area contributed by atoms with Gasteiger partial charge in [0.05, 0.1) is 24.7 Å². The van der Waals surface area contributed by atoms with E-state index in [1.54, 1.807) is 30.0 Å². The normalized spacial score (nSPS) is 11.7. The molecule has 0 fully saturated rings. The largest absolute Gasteiger partial charge is 0.497 e. The van der Waals surface area contributed by atoms with Crippen LogP contribution in [0.4, 0.5) is 5.82 Å². The van der Waals surface area contributed by atoms with E-state index in [9.17, 15) is 8.42 Å². The third kappa shape index (κ3) is 3.64. The summed E-state index contributed by atoms with van der Waals surface area (Å²) in [4.78, 5) is 8.47. The lowest BCUT2D eigenvalue weighted by atomic mass is 10.1. The van der Waals surface area contributed by atoms with Crippen LogP contribution in [0.3, 0.4) is 0 Å². The summed E-state index contributed by atoms with van der Waals surface area (Å²) in [5, 5.41) is 4.66. The van der Waals surface area contributed by atoms with Crippen LogP contribution in [0.2, 0.25) is 0 Å². The Morgan fingerprint density at radius 3 is 2.52 bits per heavy atom. The van der Waals surface area contributed by atoms with Gasteiger partial charge in [-0.15, -0.1) is 5.10 Å². The molecular formula is C20H19N5O3S. The van der Waals surface area contributed by atoms with Gasteiger partial charge in [-0.2, -0.15) is 4.98 Å². The molecule has 0 aliphatic rings. The fourth-order valence-corrected chi connectivity index (χ4v) is 3.57. The number of nitrogens with two attached hydrogens (primary N) is 1. The van der Waals surface area contributed by atoms with Crippen molar-refractivity contribution in [2.24, 2.45) is 0 Å². The first-order chi connectivity index (χ1) is 13.9. The van der Waals surface area contributed by atoms with Gasteiger partial charge in [-0.3, -0.25) is 0 Å². The number of aromatic nitrogens is 4. The first kappa shape index (κ1) is 18.9. The molecule has 0 saturated carbocycles. The Balaban J connectivity index is 1.97. The van der Waals surface area contributed by atoms with Crippen LogP contribution in [-0.2, 0) is 16.4 Å². The lowest BCUT2D eigenvalue weighted by Crippen LogP contribution is -2.06. The Bertz CT molecular complexity index is 1300. The minimum atomic E-state index is -3.65. The number of hydrogen-bond donors (Lipinski definition) is 1. The van der Waals surface area contributed by atoms with Gasteiger partial charge in [0.1, 0.15) is 11.6 Å². The number of sulfone groups is 1. The highest BCUT2D eigenvalue weighted by Gasteiger charge is 2.22. The lowest BCUT2D eigenvalue weighted by molar-refractivity contribution is 0.415. The minimum Gasteiger partial charge on any atom is -0.497 e. The number of anilines is 1. The van der Waals surface area contributed by atoms with E-state index < -0.39 is 9.84 Å². The Kier molecular flexibility index (Phi) is 4.67.